The quantitative estimate of drug-likeness (QED) is 0.550. The van der Waals surface area contributed by atoms with Crippen LogP contribution in [0, 0.1) is 0 Å². The zero-order valence-corrected chi connectivity index (χ0v) is 6.27. The fraction of sp³-hybridized carbons (Fsp3) is 0.667. The fourth-order valence-corrected chi connectivity index (χ4v) is 1.02. The Morgan fingerprint density at radius 1 is 1.67 bits per heavy atom. The second-order valence-corrected chi connectivity index (χ2v) is 2.86. The summed E-state index contributed by atoms with van der Waals surface area (Å²) in [5.74, 6) is 0. The fourth-order valence-electron chi connectivity index (χ4n) is 0.822. The monoisotopic (exact) mass is 144 g/mol. The van der Waals surface area contributed by atoms with Gasteiger partial charge in [0.1, 0.15) is 0 Å². The van der Waals surface area contributed by atoms with E-state index in [1.165, 1.54) is 19.5 Å². The molecule has 2 N–H and O–H groups in total. The minimum absolute atomic E-state index is 0.930. The molecule has 1 rings (SSSR count). The summed E-state index contributed by atoms with van der Waals surface area (Å²) in [7, 11) is 0. The van der Waals surface area contributed by atoms with Crippen molar-refractivity contribution < 1.29 is 0 Å². The summed E-state index contributed by atoms with van der Waals surface area (Å²) in [4.78, 5) is 3.28. The maximum atomic E-state index is 5.23. The lowest BCUT2D eigenvalue weighted by Crippen LogP contribution is -2.37. The summed E-state index contributed by atoms with van der Waals surface area (Å²) < 4.78 is 0. The largest absolute Gasteiger partial charge is 0.404 e. The second kappa shape index (κ2) is 3.13. The summed E-state index contributed by atoms with van der Waals surface area (Å²) >= 11 is 4.15. The van der Waals surface area contributed by atoms with Gasteiger partial charge in [0.15, 0.2) is 0 Å². The molecule has 1 heterocycles. The van der Waals surface area contributed by atoms with E-state index in [1.807, 2.05) is 0 Å². The summed E-state index contributed by atoms with van der Waals surface area (Å²) in [6.07, 6.45) is 2.88. The van der Waals surface area contributed by atoms with E-state index in [0.29, 0.717) is 0 Å². The maximum absolute atomic E-state index is 5.23. The number of nitrogens with zero attached hydrogens (tertiary/aromatic N) is 1. The molecule has 0 spiro atoms. The molecule has 0 aromatic carbocycles. The van der Waals surface area contributed by atoms with Crippen molar-refractivity contribution in [1.29, 1.82) is 0 Å². The average Bonchev–Trinajstić information content (AvgIpc) is 1.78. The van der Waals surface area contributed by atoms with Crippen LogP contribution < -0.4 is 5.73 Å². The highest BCUT2D eigenvalue weighted by molar-refractivity contribution is 7.84. The molecule has 0 radical (unpaired) electrons. The lowest BCUT2D eigenvalue weighted by Gasteiger charge is -2.30. The van der Waals surface area contributed by atoms with Crippen LogP contribution in [0.1, 0.15) is 6.42 Å². The standard InChI is InChI=1S/C6H12N2S/c7-4-6(9)5-8-2-1-3-8/h4,9H,1-3,5,7H2/b6-4-. The molecule has 0 saturated carbocycles. The first-order valence-corrected chi connectivity index (χ1v) is 3.60. The highest BCUT2D eigenvalue weighted by atomic mass is 32.1. The zero-order valence-electron chi connectivity index (χ0n) is 5.38. The lowest BCUT2D eigenvalue weighted by atomic mass is 10.2. The molecular weight excluding hydrogens is 132 g/mol. The smallest absolute Gasteiger partial charge is 0.0305 e. The predicted molar refractivity (Wildman–Crippen MR) is 42.3 cm³/mol. The maximum Gasteiger partial charge on any atom is 0.0305 e. The van der Waals surface area contributed by atoms with Gasteiger partial charge in [-0.05, 0) is 19.5 Å². The van der Waals surface area contributed by atoms with Crippen molar-refractivity contribution in [3.63, 3.8) is 0 Å². The van der Waals surface area contributed by atoms with E-state index in [0.717, 1.165) is 11.4 Å². The molecule has 2 nitrogen and oxygen atoms in total. The Morgan fingerprint density at radius 3 is 2.67 bits per heavy atom. The zero-order chi connectivity index (χ0) is 6.69. The summed E-state index contributed by atoms with van der Waals surface area (Å²) in [5, 5.41) is 0. The number of hydrogen-bond acceptors (Lipinski definition) is 3. The Morgan fingerprint density at radius 2 is 2.33 bits per heavy atom. The van der Waals surface area contributed by atoms with Gasteiger partial charge < -0.3 is 5.73 Å². The highest BCUT2D eigenvalue weighted by Gasteiger charge is 2.12. The van der Waals surface area contributed by atoms with E-state index in [1.54, 1.807) is 6.20 Å². The number of nitrogens with two attached hydrogens (primary N) is 1. The van der Waals surface area contributed by atoms with Crippen LogP contribution in [0.2, 0.25) is 0 Å². The molecule has 0 atom stereocenters. The Labute approximate surface area is 61.1 Å². The average molecular weight is 144 g/mol. The van der Waals surface area contributed by atoms with Crippen molar-refractivity contribution >= 4 is 12.6 Å². The Balaban J connectivity index is 2.16. The third kappa shape index (κ3) is 1.91. The highest BCUT2D eigenvalue weighted by Crippen LogP contribution is 2.09. The first kappa shape index (κ1) is 6.96. The van der Waals surface area contributed by atoms with E-state index in [9.17, 15) is 0 Å². The second-order valence-electron chi connectivity index (χ2n) is 2.29. The minimum Gasteiger partial charge on any atom is -0.404 e. The molecule has 3 heteroatoms. The number of thiol groups is 1. The molecule has 0 bridgehead atoms. The Bertz CT molecular complexity index is 118. The Kier molecular flexibility index (Phi) is 2.42. The summed E-state index contributed by atoms with van der Waals surface area (Å²) in [6.45, 7) is 3.34. The van der Waals surface area contributed by atoms with Crippen LogP contribution in [0.25, 0.3) is 0 Å². The van der Waals surface area contributed by atoms with Crippen molar-refractivity contribution in [3.05, 3.63) is 11.1 Å². The van der Waals surface area contributed by atoms with Crippen LogP contribution in [-0.4, -0.2) is 24.5 Å². The normalized spacial score (nSPS) is 21.7. The molecule has 1 fully saturated rings. The minimum atomic E-state index is 0.930. The molecule has 1 aliphatic rings. The topological polar surface area (TPSA) is 29.3 Å². The molecule has 0 unspecified atom stereocenters. The molecule has 0 aromatic rings. The van der Waals surface area contributed by atoms with E-state index < -0.39 is 0 Å². The van der Waals surface area contributed by atoms with Crippen LogP contribution in [0.3, 0.4) is 0 Å². The first-order valence-electron chi connectivity index (χ1n) is 3.15. The lowest BCUT2D eigenvalue weighted by molar-refractivity contribution is 0.202. The van der Waals surface area contributed by atoms with Gasteiger partial charge in [-0.15, -0.1) is 12.6 Å². The van der Waals surface area contributed by atoms with Crippen LogP contribution >= 0.6 is 12.6 Å². The summed E-state index contributed by atoms with van der Waals surface area (Å²) in [6, 6.07) is 0. The molecule has 0 aliphatic carbocycles. The van der Waals surface area contributed by atoms with Crippen LogP contribution in [0.15, 0.2) is 11.1 Å². The van der Waals surface area contributed by atoms with Gasteiger partial charge in [0.05, 0.1) is 0 Å². The van der Waals surface area contributed by atoms with Gasteiger partial charge in [0.2, 0.25) is 0 Å². The van der Waals surface area contributed by atoms with Crippen LogP contribution in [-0.2, 0) is 0 Å². The SMILES string of the molecule is N/C=C(\S)CN1CCC1. The first-order chi connectivity index (χ1) is 4.33. The third-order valence-corrected chi connectivity index (χ3v) is 1.82. The molecule has 0 amide bonds. The van der Waals surface area contributed by atoms with Gasteiger partial charge in [-0.1, -0.05) is 0 Å². The van der Waals surface area contributed by atoms with Gasteiger partial charge >= 0.3 is 0 Å². The molecule has 9 heavy (non-hydrogen) atoms. The van der Waals surface area contributed by atoms with Crippen LogP contribution in [0.5, 0.6) is 0 Å². The molecular formula is C6H12N2S. The van der Waals surface area contributed by atoms with Crippen molar-refractivity contribution in [3.8, 4) is 0 Å². The number of rotatable bonds is 2. The summed E-state index contributed by atoms with van der Waals surface area (Å²) in [5.41, 5.74) is 5.23. The number of hydrogen-bond donors (Lipinski definition) is 2. The van der Waals surface area contributed by atoms with E-state index in [2.05, 4.69) is 17.5 Å². The Hall–Kier alpha value is -0.150. The van der Waals surface area contributed by atoms with Crippen molar-refractivity contribution in [2.75, 3.05) is 19.6 Å². The number of likely N-dealkylation sites (tertiary alicyclic amines) is 1. The van der Waals surface area contributed by atoms with Crippen LogP contribution in [0.4, 0.5) is 0 Å². The molecule has 1 saturated heterocycles. The van der Waals surface area contributed by atoms with Gasteiger partial charge in [0.25, 0.3) is 0 Å². The molecule has 52 valence electrons. The molecule has 0 aromatic heterocycles. The van der Waals surface area contributed by atoms with Gasteiger partial charge in [-0.2, -0.15) is 0 Å². The van der Waals surface area contributed by atoms with Crippen molar-refractivity contribution in [2.24, 2.45) is 5.73 Å². The van der Waals surface area contributed by atoms with Crippen molar-refractivity contribution in [1.82, 2.24) is 4.90 Å². The third-order valence-electron chi connectivity index (χ3n) is 1.53. The van der Waals surface area contributed by atoms with Crippen molar-refractivity contribution in [2.45, 2.75) is 6.42 Å². The van der Waals surface area contributed by atoms with E-state index in [4.69, 9.17) is 5.73 Å². The van der Waals surface area contributed by atoms with Gasteiger partial charge in [-0.3, -0.25) is 4.90 Å². The molecule has 1 aliphatic heterocycles. The van der Waals surface area contributed by atoms with Gasteiger partial charge in [0, 0.05) is 17.6 Å². The van der Waals surface area contributed by atoms with E-state index in [-0.39, 0.29) is 0 Å². The van der Waals surface area contributed by atoms with E-state index >= 15 is 0 Å². The van der Waals surface area contributed by atoms with Gasteiger partial charge in [-0.25, -0.2) is 0 Å². The predicted octanol–water partition coefficient (Wildman–Crippen LogP) is 0.422.